The topological polar surface area (TPSA) is 49.6 Å². The average Bonchev–Trinajstić information content (AvgIpc) is 3.42. The van der Waals surface area contributed by atoms with Gasteiger partial charge in [-0.1, -0.05) is 60.7 Å². The van der Waals surface area contributed by atoms with E-state index in [4.69, 9.17) is 5.73 Å². The first-order valence-corrected chi connectivity index (χ1v) is 9.10. The Kier molecular flexibility index (Phi) is 7.29. The molecule has 0 aromatic heterocycles. The Balaban J connectivity index is 0.00000131. The smallest absolute Gasteiger partial charge is 0.242 e. The molecule has 2 aromatic carbocycles. The van der Waals surface area contributed by atoms with E-state index in [0.717, 1.165) is 39.0 Å². The van der Waals surface area contributed by atoms with E-state index in [1.807, 2.05) is 4.90 Å². The van der Waals surface area contributed by atoms with Gasteiger partial charge in [-0.2, -0.15) is 0 Å². The van der Waals surface area contributed by atoms with E-state index in [1.54, 1.807) is 0 Å². The molecule has 2 fully saturated rings. The number of nitrogens with zero attached hydrogens (tertiary/aromatic N) is 2. The highest BCUT2D eigenvalue weighted by atomic mass is 35.5. The minimum atomic E-state index is -0.555. The number of benzene rings is 2. The average molecular weight is 408 g/mol. The van der Waals surface area contributed by atoms with Crippen LogP contribution in [0.4, 0.5) is 0 Å². The first kappa shape index (κ1) is 21.7. The van der Waals surface area contributed by atoms with Crippen LogP contribution in [0.3, 0.4) is 0 Å². The van der Waals surface area contributed by atoms with Crippen molar-refractivity contribution >= 4 is 30.7 Å². The number of piperazine rings is 1. The molecule has 0 radical (unpaired) electrons. The van der Waals surface area contributed by atoms with E-state index in [1.165, 1.54) is 11.1 Å². The van der Waals surface area contributed by atoms with Gasteiger partial charge in [0.15, 0.2) is 0 Å². The Morgan fingerprint density at radius 1 is 0.815 bits per heavy atom. The highest BCUT2D eigenvalue weighted by Crippen LogP contribution is 2.35. The zero-order valence-corrected chi connectivity index (χ0v) is 16.9. The molecular weight excluding hydrogens is 381 g/mol. The van der Waals surface area contributed by atoms with Gasteiger partial charge in [-0.05, 0) is 24.0 Å². The fourth-order valence-electron chi connectivity index (χ4n) is 3.73. The number of halogens is 2. The molecule has 2 aromatic rings. The molecule has 4 rings (SSSR count). The first-order chi connectivity index (χ1) is 12.2. The van der Waals surface area contributed by atoms with Crippen LogP contribution in [0, 0.1) is 0 Å². The maximum Gasteiger partial charge on any atom is 0.242 e. The summed E-state index contributed by atoms with van der Waals surface area (Å²) in [5, 5.41) is 0. The highest BCUT2D eigenvalue weighted by Gasteiger charge is 2.48. The summed E-state index contributed by atoms with van der Waals surface area (Å²) in [7, 11) is 0. The van der Waals surface area contributed by atoms with Gasteiger partial charge in [0.25, 0.3) is 0 Å². The lowest BCUT2D eigenvalue weighted by atomic mass is 9.96. The van der Waals surface area contributed by atoms with E-state index in [9.17, 15) is 4.79 Å². The molecule has 1 saturated heterocycles. The SMILES string of the molecule is Cl.Cl.NC1(C(=O)N2CCN(C(c3ccccc3)c3ccccc3)CC2)CC1. The molecule has 0 unspecified atom stereocenters. The quantitative estimate of drug-likeness (QED) is 0.845. The molecule has 27 heavy (non-hydrogen) atoms. The number of amides is 1. The lowest BCUT2D eigenvalue weighted by molar-refractivity contribution is -0.135. The van der Waals surface area contributed by atoms with E-state index in [-0.39, 0.29) is 36.8 Å². The summed E-state index contributed by atoms with van der Waals surface area (Å²) in [5.41, 5.74) is 8.13. The lowest BCUT2D eigenvalue weighted by Gasteiger charge is -2.40. The summed E-state index contributed by atoms with van der Waals surface area (Å²) in [6.45, 7) is 3.26. The van der Waals surface area contributed by atoms with Crippen molar-refractivity contribution < 1.29 is 4.79 Å². The third-order valence-electron chi connectivity index (χ3n) is 5.41. The summed E-state index contributed by atoms with van der Waals surface area (Å²) in [5.74, 6) is 0.142. The summed E-state index contributed by atoms with van der Waals surface area (Å²) in [6.07, 6.45) is 1.67. The molecule has 0 atom stereocenters. The third-order valence-corrected chi connectivity index (χ3v) is 5.41. The Morgan fingerprint density at radius 2 is 1.26 bits per heavy atom. The molecule has 1 aliphatic heterocycles. The predicted molar refractivity (Wildman–Crippen MR) is 114 cm³/mol. The fourth-order valence-corrected chi connectivity index (χ4v) is 3.73. The van der Waals surface area contributed by atoms with Crippen molar-refractivity contribution in [1.29, 1.82) is 0 Å². The van der Waals surface area contributed by atoms with Crippen molar-refractivity contribution in [3.05, 3.63) is 71.8 Å². The molecular formula is C21H27Cl2N3O. The van der Waals surface area contributed by atoms with Crippen molar-refractivity contribution in [1.82, 2.24) is 9.80 Å². The van der Waals surface area contributed by atoms with E-state index in [2.05, 4.69) is 65.6 Å². The van der Waals surface area contributed by atoms with Gasteiger partial charge in [0.05, 0.1) is 11.6 Å². The van der Waals surface area contributed by atoms with Crippen molar-refractivity contribution in [3.8, 4) is 0 Å². The summed E-state index contributed by atoms with van der Waals surface area (Å²) in [6, 6.07) is 21.5. The molecule has 4 nitrogen and oxygen atoms in total. The van der Waals surface area contributed by atoms with Gasteiger partial charge in [0, 0.05) is 26.2 Å². The molecule has 2 aliphatic rings. The van der Waals surface area contributed by atoms with Crippen molar-refractivity contribution in [2.45, 2.75) is 24.4 Å². The van der Waals surface area contributed by atoms with Crippen LogP contribution in [0.25, 0.3) is 0 Å². The number of carbonyl (C=O) groups is 1. The van der Waals surface area contributed by atoms with Gasteiger partial charge in [0.2, 0.25) is 5.91 Å². The van der Waals surface area contributed by atoms with E-state index < -0.39 is 5.54 Å². The van der Waals surface area contributed by atoms with Crippen molar-refractivity contribution in [3.63, 3.8) is 0 Å². The van der Waals surface area contributed by atoms with Gasteiger partial charge in [-0.25, -0.2) is 0 Å². The van der Waals surface area contributed by atoms with Crippen molar-refractivity contribution in [2.24, 2.45) is 5.73 Å². The number of hydrogen-bond acceptors (Lipinski definition) is 3. The molecule has 146 valence electrons. The second-order valence-electron chi connectivity index (χ2n) is 7.21. The van der Waals surface area contributed by atoms with Gasteiger partial charge < -0.3 is 10.6 Å². The monoisotopic (exact) mass is 407 g/mol. The molecule has 1 heterocycles. The predicted octanol–water partition coefficient (Wildman–Crippen LogP) is 3.26. The second-order valence-corrected chi connectivity index (χ2v) is 7.21. The standard InChI is InChI=1S/C21H25N3O.2ClH/c22-21(11-12-21)20(25)24-15-13-23(14-16-24)19(17-7-3-1-4-8-17)18-9-5-2-6-10-18;;/h1-10,19H,11-16,22H2;2*1H. The summed E-state index contributed by atoms with van der Waals surface area (Å²) >= 11 is 0. The first-order valence-electron chi connectivity index (χ1n) is 9.10. The van der Waals surface area contributed by atoms with Gasteiger partial charge in [-0.15, -0.1) is 24.8 Å². The molecule has 0 bridgehead atoms. The highest BCUT2D eigenvalue weighted by molar-refractivity contribution is 5.89. The van der Waals surface area contributed by atoms with Gasteiger partial charge in [-0.3, -0.25) is 9.69 Å². The van der Waals surface area contributed by atoms with Crippen molar-refractivity contribution in [2.75, 3.05) is 26.2 Å². The summed E-state index contributed by atoms with van der Waals surface area (Å²) < 4.78 is 0. The van der Waals surface area contributed by atoms with Crippen LogP contribution in [0.5, 0.6) is 0 Å². The van der Waals surface area contributed by atoms with Crippen LogP contribution >= 0.6 is 24.8 Å². The van der Waals surface area contributed by atoms with Crippen LogP contribution in [0.15, 0.2) is 60.7 Å². The fraction of sp³-hybridized carbons (Fsp3) is 0.381. The minimum absolute atomic E-state index is 0. The Hall–Kier alpha value is -1.59. The molecule has 2 N–H and O–H groups in total. The minimum Gasteiger partial charge on any atom is -0.339 e. The zero-order valence-electron chi connectivity index (χ0n) is 15.3. The molecule has 0 spiro atoms. The molecule has 6 heteroatoms. The van der Waals surface area contributed by atoms with Crippen LogP contribution in [-0.4, -0.2) is 47.4 Å². The maximum absolute atomic E-state index is 12.5. The zero-order chi connectivity index (χ0) is 17.3. The van der Waals surface area contributed by atoms with Gasteiger partial charge >= 0.3 is 0 Å². The van der Waals surface area contributed by atoms with Crippen LogP contribution in [0.1, 0.15) is 30.0 Å². The summed E-state index contributed by atoms with van der Waals surface area (Å²) in [4.78, 5) is 16.9. The largest absolute Gasteiger partial charge is 0.339 e. The molecule has 1 aliphatic carbocycles. The number of hydrogen-bond donors (Lipinski definition) is 1. The molecule has 1 amide bonds. The van der Waals surface area contributed by atoms with Crippen LogP contribution in [-0.2, 0) is 4.79 Å². The third kappa shape index (κ3) is 4.64. The molecule has 1 saturated carbocycles. The Bertz CT molecular complexity index is 690. The lowest BCUT2D eigenvalue weighted by Crippen LogP contribution is -2.54. The number of nitrogens with two attached hydrogens (primary N) is 1. The number of carbonyl (C=O) groups excluding carboxylic acids is 1. The Morgan fingerprint density at radius 3 is 1.67 bits per heavy atom. The van der Waals surface area contributed by atoms with Crippen LogP contribution < -0.4 is 5.73 Å². The van der Waals surface area contributed by atoms with Crippen LogP contribution in [0.2, 0.25) is 0 Å². The maximum atomic E-state index is 12.5. The van der Waals surface area contributed by atoms with E-state index in [0.29, 0.717) is 0 Å². The van der Waals surface area contributed by atoms with E-state index >= 15 is 0 Å². The van der Waals surface area contributed by atoms with Gasteiger partial charge in [0.1, 0.15) is 0 Å². The normalized spacial score (nSPS) is 18.4. The Labute approximate surface area is 173 Å². The number of rotatable bonds is 4. The second kappa shape index (κ2) is 9.07.